The molecule has 0 bridgehead atoms. The van der Waals surface area contributed by atoms with Gasteiger partial charge in [-0.1, -0.05) is 0 Å². The molecule has 1 amide bonds. The normalized spacial score (nSPS) is 16.4. The van der Waals surface area contributed by atoms with Crippen LogP contribution in [0.5, 0.6) is 5.75 Å². The highest BCUT2D eigenvalue weighted by Crippen LogP contribution is 2.40. The van der Waals surface area contributed by atoms with Crippen molar-refractivity contribution in [3.63, 3.8) is 0 Å². The lowest BCUT2D eigenvalue weighted by Crippen LogP contribution is -2.29. The van der Waals surface area contributed by atoms with Gasteiger partial charge in [0.15, 0.2) is 0 Å². The van der Waals surface area contributed by atoms with Crippen LogP contribution in [0.4, 0.5) is 5.69 Å². The number of aromatic nitrogens is 1. The minimum Gasteiger partial charge on any atom is -0.497 e. The molecule has 1 aliphatic rings. The van der Waals surface area contributed by atoms with Crippen LogP contribution in [-0.2, 0) is 9.53 Å². The zero-order valence-electron chi connectivity index (χ0n) is 13.3. The van der Waals surface area contributed by atoms with Gasteiger partial charge in [0.2, 0.25) is 0 Å². The van der Waals surface area contributed by atoms with E-state index < -0.39 is 12.0 Å². The molecule has 2 heterocycles. The topological polar surface area (TPSA) is 60.8 Å². The number of benzene rings is 1. The van der Waals surface area contributed by atoms with Gasteiger partial charge < -0.3 is 18.9 Å². The van der Waals surface area contributed by atoms with E-state index in [-0.39, 0.29) is 12.5 Å². The lowest BCUT2D eigenvalue weighted by Gasteiger charge is -2.16. The fourth-order valence-corrected chi connectivity index (χ4v) is 2.88. The first kappa shape index (κ1) is 15.1. The van der Waals surface area contributed by atoms with Crippen LogP contribution in [0.15, 0.2) is 36.5 Å². The Morgan fingerprint density at radius 3 is 2.78 bits per heavy atom. The molecule has 1 aromatic carbocycles. The third-order valence-corrected chi connectivity index (χ3v) is 4.00. The predicted molar refractivity (Wildman–Crippen MR) is 84.9 cm³/mol. The third-order valence-electron chi connectivity index (χ3n) is 4.00. The second kappa shape index (κ2) is 5.79. The first-order chi connectivity index (χ1) is 11.1. The van der Waals surface area contributed by atoms with Crippen molar-refractivity contribution in [3.05, 3.63) is 47.8 Å². The van der Waals surface area contributed by atoms with Gasteiger partial charge in [-0.3, -0.25) is 4.79 Å². The van der Waals surface area contributed by atoms with Crippen molar-refractivity contribution in [1.82, 2.24) is 4.57 Å². The Morgan fingerprint density at radius 1 is 1.30 bits per heavy atom. The highest BCUT2D eigenvalue weighted by molar-refractivity contribution is 6.05. The Balaban J connectivity index is 2.10. The molecule has 1 aliphatic heterocycles. The van der Waals surface area contributed by atoms with Crippen LogP contribution >= 0.6 is 0 Å². The highest BCUT2D eigenvalue weighted by Gasteiger charge is 2.38. The monoisotopic (exact) mass is 314 g/mol. The molecule has 0 saturated carbocycles. The molecule has 0 fully saturated rings. The van der Waals surface area contributed by atoms with Crippen molar-refractivity contribution in [2.75, 3.05) is 25.7 Å². The van der Waals surface area contributed by atoms with Gasteiger partial charge in [-0.25, -0.2) is 4.79 Å². The lowest BCUT2D eigenvalue weighted by atomic mass is 10.1. The number of rotatable bonds is 4. The van der Waals surface area contributed by atoms with Crippen molar-refractivity contribution in [2.45, 2.75) is 13.0 Å². The van der Waals surface area contributed by atoms with Gasteiger partial charge in [-0.05, 0) is 37.3 Å². The number of carbonyl (C=O) groups excluding carboxylic acids is 2. The van der Waals surface area contributed by atoms with E-state index in [1.54, 1.807) is 48.9 Å². The molecule has 0 saturated heterocycles. The van der Waals surface area contributed by atoms with E-state index in [4.69, 9.17) is 9.47 Å². The Hall–Kier alpha value is -2.76. The summed E-state index contributed by atoms with van der Waals surface area (Å²) in [6, 6.07) is 8.28. The number of hydrogen-bond donors (Lipinski definition) is 0. The van der Waals surface area contributed by atoms with E-state index in [0.717, 1.165) is 11.3 Å². The SMILES string of the molecule is CCOC(=O)c1cccn1C1C(=O)N(C)c2ccc(OC)cc21. The fraction of sp³-hybridized carbons (Fsp3) is 0.294. The molecule has 3 rings (SSSR count). The van der Waals surface area contributed by atoms with Gasteiger partial charge >= 0.3 is 5.97 Å². The number of nitrogens with zero attached hydrogens (tertiary/aromatic N) is 2. The summed E-state index contributed by atoms with van der Waals surface area (Å²) >= 11 is 0. The molecule has 1 atom stereocenters. The van der Waals surface area contributed by atoms with Crippen LogP contribution in [0.2, 0.25) is 0 Å². The predicted octanol–water partition coefficient (Wildman–Crippen LogP) is 2.24. The quantitative estimate of drug-likeness (QED) is 0.812. The number of hydrogen-bond acceptors (Lipinski definition) is 4. The third kappa shape index (κ3) is 2.36. The van der Waals surface area contributed by atoms with Gasteiger partial charge in [0.05, 0.1) is 13.7 Å². The van der Waals surface area contributed by atoms with Gasteiger partial charge in [0.25, 0.3) is 5.91 Å². The summed E-state index contributed by atoms with van der Waals surface area (Å²) in [6.07, 6.45) is 1.72. The zero-order valence-corrected chi connectivity index (χ0v) is 13.3. The Bertz CT molecular complexity index is 766. The second-order valence-electron chi connectivity index (χ2n) is 5.25. The maximum Gasteiger partial charge on any atom is 0.354 e. The standard InChI is InChI=1S/C17H18N2O4/c1-4-23-17(21)14-6-5-9-19(14)15-12-10-11(22-3)7-8-13(12)18(2)16(15)20/h5-10,15H,4H2,1-3H3. The van der Waals surface area contributed by atoms with E-state index in [9.17, 15) is 9.59 Å². The molecular formula is C17H18N2O4. The first-order valence-corrected chi connectivity index (χ1v) is 7.38. The number of esters is 1. The summed E-state index contributed by atoms with van der Waals surface area (Å²) < 4.78 is 12.0. The molecule has 23 heavy (non-hydrogen) atoms. The van der Waals surface area contributed by atoms with Crippen molar-refractivity contribution in [1.29, 1.82) is 0 Å². The van der Waals surface area contributed by atoms with Crippen LogP contribution in [0.25, 0.3) is 0 Å². The van der Waals surface area contributed by atoms with Crippen LogP contribution in [0.3, 0.4) is 0 Å². The fourth-order valence-electron chi connectivity index (χ4n) is 2.88. The number of fused-ring (bicyclic) bond motifs is 1. The number of methoxy groups -OCH3 is 1. The van der Waals surface area contributed by atoms with Gasteiger partial charge in [-0.2, -0.15) is 0 Å². The molecular weight excluding hydrogens is 296 g/mol. The molecule has 6 heteroatoms. The number of ether oxygens (including phenoxy) is 2. The summed E-state index contributed by atoms with van der Waals surface area (Å²) in [6.45, 7) is 2.03. The average Bonchev–Trinajstić information content (AvgIpc) is 3.11. The van der Waals surface area contributed by atoms with Crippen LogP contribution in [-0.4, -0.2) is 37.2 Å². The van der Waals surface area contributed by atoms with Gasteiger partial charge in [-0.15, -0.1) is 0 Å². The highest BCUT2D eigenvalue weighted by atomic mass is 16.5. The average molecular weight is 314 g/mol. The molecule has 0 radical (unpaired) electrons. The maximum atomic E-state index is 12.7. The van der Waals surface area contributed by atoms with Crippen molar-refractivity contribution >= 4 is 17.6 Å². The minimum absolute atomic E-state index is 0.102. The molecule has 1 aromatic heterocycles. The summed E-state index contributed by atoms with van der Waals surface area (Å²) in [5, 5.41) is 0. The molecule has 0 aliphatic carbocycles. The van der Waals surface area contributed by atoms with Crippen LogP contribution in [0, 0.1) is 0 Å². The summed E-state index contributed by atoms with van der Waals surface area (Å²) in [7, 11) is 3.30. The number of likely N-dealkylation sites (N-methyl/N-ethyl adjacent to an activating group) is 1. The Kier molecular flexibility index (Phi) is 3.82. The Labute approximate surface area is 134 Å². The molecule has 120 valence electrons. The minimum atomic E-state index is -0.598. The maximum absolute atomic E-state index is 12.7. The second-order valence-corrected chi connectivity index (χ2v) is 5.25. The van der Waals surface area contributed by atoms with Gasteiger partial charge in [0.1, 0.15) is 17.5 Å². The zero-order chi connectivity index (χ0) is 16.6. The van der Waals surface area contributed by atoms with Crippen molar-refractivity contribution in [2.24, 2.45) is 0 Å². The summed E-state index contributed by atoms with van der Waals surface area (Å²) in [4.78, 5) is 26.4. The van der Waals surface area contributed by atoms with Crippen molar-refractivity contribution in [3.8, 4) is 5.75 Å². The van der Waals surface area contributed by atoms with E-state index >= 15 is 0 Å². The van der Waals surface area contributed by atoms with Gasteiger partial charge in [0, 0.05) is 24.5 Å². The molecule has 0 spiro atoms. The largest absolute Gasteiger partial charge is 0.497 e. The number of anilines is 1. The molecule has 0 N–H and O–H groups in total. The molecule has 1 unspecified atom stereocenters. The lowest BCUT2D eigenvalue weighted by molar-refractivity contribution is -0.119. The van der Waals surface area contributed by atoms with Crippen LogP contribution < -0.4 is 9.64 Å². The van der Waals surface area contributed by atoms with E-state index in [1.807, 2.05) is 18.2 Å². The Morgan fingerprint density at radius 2 is 2.09 bits per heavy atom. The summed E-state index contributed by atoms with van der Waals surface area (Å²) in [5.41, 5.74) is 1.97. The smallest absolute Gasteiger partial charge is 0.354 e. The summed E-state index contributed by atoms with van der Waals surface area (Å²) in [5.74, 6) is 0.126. The van der Waals surface area contributed by atoms with E-state index in [1.165, 1.54) is 0 Å². The number of amides is 1. The van der Waals surface area contributed by atoms with E-state index in [0.29, 0.717) is 11.4 Å². The first-order valence-electron chi connectivity index (χ1n) is 7.38. The molecule has 6 nitrogen and oxygen atoms in total. The van der Waals surface area contributed by atoms with Crippen LogP contribution in [0.1, 0.15) is 29.0 Å². The van der Waals surface area contributed by atoms with Crippen molar-refractivity contribution < 1.29 is 19.1 Å². The number of carbonyl (C=O) groups is 2. The van der Waals surface area contributed by atoms with E-state index in [2.05, 4.69) is 0 Å². The molecule has 2 aromatic rings.